The van der Waals surface area contributed by atoms with E-state index in [9.17, 15) is 26.4 Å². The molecule has 0 bridgehead atoms. The lowest BCUT2D eigenvalue weighted by molar-refractivity contribution is -0.153. The van der Waals surface area contributed by atoms with E-state index >= 15 is 0 Å². The molecule has 0 spiro atoms. The van der Waals surface area contributed by atoms with Crippen molar-refractivity contribution < 1.29 is 31.1 Å². The van der Waals surface area contributed by atoms with Gasteiger partial charge in [0.15, 0.2) is 6.61 Å². The quantitative estimate of drug-likeness (QED) is 0.767. The maximum atomic E-state index is 12.4. The minimum Gasteiger partial charge on any atom is -0.484 e. The van der Waals surface area contributed by atoms with Crippen molar-refractivity contribution in [1.82, 2.24) is 5.32 Å². The van der Waals surface area contributed by atoms with Crippen LogP contribution in [0, 0.1) is 0 Å². The number of hydrogen-bond donors (Lipinski definition) is 1. The van der Waals surface area contributed by atoms with Crippen molar-refractivity contribution in [3.8, 4) is 5.75 Å². The van der Waals surface area contributed by atoms with Gasteiger partial charge in [-0.3, -0.25) is 9.10 Å². The van der Waals surface area contributed by atoms with Crippen LogP contribution in [0.5, 0.6) is 5.75 Å². The number of alkyl halides is 3. The van der Waals surface area contributed by atoms with Gasteiger partial charge in [0.1, 0.15) is 5.75 Å². The van der Waals surface area contributed by atoms with E-state index in [1.54, 1.807) is 30.3 Å². The second kappa shape index (κ2) is 8.32. The summed E-state index contributed by atoms with van der Waals surface area (Å²) >= 11 is 0. The molecular weight excluding hydrogens is 409 g/mol. The molecule has 29 heavy (non-hydrogen) atoms. The fourth-order valence-corrected chi connectivity index (χ4v) is 4.44. The Balaban J connectivity index is 1.59. The van der Waals surface area contributed by atoms with E-state index < -0.39 is 22.8 Å². The zero-order valence-corrected chi connectivity index (χ0v) is 16.1. The van der Waals surface area contributed by atoms with Gasteiger partial charge in [-0.25, -0.2) is 8.42 Å². The topological polar surface area (TPSA) is 75.7 Å². The lowest BCUT2D eigenvalue weighted by Gasteiger charge is -2.17. The van der Waals surface area contributed by atoms with E-state index in [1.165, 1.54) is 22.5 Å². The third-order valence-corrected chi connectivity index (χ3v) is 6.14. The number of carbonyl (C=O) groups is 1. The summed E-state index contributed by atoms with van der Waals surface area (Å²) < 4.78 is 66.5. The van der Waals surface area contributed by atoms with Crippen molar-refractivity contribution in [1.29, 1.82) is 0 Å². The number of nitrogens with one attached hydrogen (secondary N) is 1. The van der Waals surface area contributed by atoms with Crippen molar-refractivity contribution >= 4 is 21.6 Å². The molecule has 1 aliphatic rings. The number of nitrogens with zero attached hydrogens (tertiary/aromatic N) is 1. The maximum Gasteiger partial charge on any atom is 0.422 e. The number of ether oxygens (including phenoxy) is 1. The molecule has 10 heteroatoms. The fourth-order valence-electron chi connectivity index (χ4n) is 2.88. The summed E-state index contributed by atoms with van der Waals surface area (Å²) in [6.45, 7) is -0.826. The summed E-state index contributed by atoms with van der Waals surface area (Å²) in [6, 6.07) is 12.3. The van der Waals surface area contributed by atoms with Gasteiger partial charge in [-0.2, -0.15) is 13.2 Å². The SMILES string of the molecule is O=C(NCc1ccc(OCC(F)(F)F)cc1)c1cccc(N2CCCS2(=O)=O)c1. The summed E-state index contributed by atoms with van der Waals surface area (Å²) in [5.41, 5.74) is 1.44. The lowest BCUT2D eigenvalue weighted by Crippen LogP contribution is -2.26. The Morgan fingerprint density at radius 3 is 2.48 bits per heavy atom. The number of carbonyl (C=O) groups excluding carboxylic acids is 1. The summed E-state index contributed by atoms with van der Waals surface area (Å²) in [4.78, 5) is 12.4. The monoisotopic (exact) mass is 428 g/mol. The standard InChI is InChI=1S/C19H19F3N2O4S/c20-19(21,22)13-28-17-7-5-14(6-8-17)12-23-18(25)15-3-1-4-16(11-15)24-9-2-10-29(24,26)27/h1,3-8,11H,2,9-10,12-13H2,(H,23,25). The molecule has 1 saturated heterocycles. The van der Waals surface area contributed by atoms with Crippen molar-refractivity contribution in [2.75, 3.05) is 23.2 Å². The first-order valence-electron chi connectivity index (χ1n) is 8.81. The van der Waals surface area contributed by atoms with Gasteiger partial charge in [0, 0.05) is 18.7 Å². The molecule has 6 nitrogen and oxygen atoms in total. The molecule has 2 aromatic carbocycles. The van der Waals surface area contributed by atoms with Crippen molar-refractivity contribution in [2.24, 2.45) is 0 Å². The van der Waals surface area contributed by atoms with Crippen LogP contribution in [0.15, 0.2) is 48.5 Å². The van der Waals surface area contributed by atoms with Gasteiger partial charge in [-0.15, -0.1) is 0 Å². The van der Waals surface area contributed by atoms with Gasteiger partial charge < -0.3 is 10.1 Å². The number of sulfonamides is 1. The van der Waals surface area contributed by atoms with E-state index in [-0.39, 0.29) is 24.0 Å². The van der Waals surface area contributed by atoms with Crippen LogP contribution in [0.2, 0.25) is 0 Å². The van der Waals surface area contributed by atoms with Crippen molar-refractivity contribution in [3.63, 3.8) is 0 Å². The van der Waals surface area contributed by atoms with Crippen LogP contribution in [0.4, 0.5) is 18.9 Å². The van der Waals surface area contributed by atoms with E-state index in [0.29, 0.717) is 29.8 Å². The first kappa shape index (κ1) is 21.0. The van der Waals surface area contributed by atoms with Crippen LogP contribution >= 0.6 is 0 Å². The molecule has 1 amide bonds. The summed E-state index contributed by atoms with van der Waals surface area (Å²) in [5, 5.41) is 2.70. The highest BCUT2D eigenvalue weighted by atomic mass is 32.2. The largest absolute Gasteiger partial charge is 0.484 e. The normalized spacial score (nSPS) is 15.9. The second-order valence-electron chi connectivity index (χ2n) is 6.52. The summed E-state index contributed by atoms with van der Waals surface area (Å²) in [5.74, 6) is -0.218. The van der Waals surface area contributed by atoms with Gasteiger partial charge in [0.2, 0.25) is 10.0 Å². The molecular formula is C19H19F3N2O4S. The number of anilines is 1. The second-order valence-corrected chi connectivity index (χ2v) is 8.54. The van der Waals surface area contributed by atoms with Crippen LogP contribution < -0.4 is 14.4 Å². The zero-order chi connectivity index (χ0) is 21.1. The Morgan fingerprint density at radius 1 is 1.14 bits per heavy atom. The van der Waals surface area contributed by atoms with Crippen molar-refractivity contribution in [3.05, 3.63) is 59.7 Å². The molecule has 1 heterocycles. The average molecular weight is 428 g/mol. The zero-order valence-electron chi connectivity index (χ0n) is 15.3. The van der Waals surface area contributed by atoms with Crippen LogP contribution in [0.25, 0.3) is 0 Å². The molecule has 1 aliphatic heterocycles. The van der Waals surface area contributed by atoms with Gasteiger partial charge in [0.25, 0.3) is 5.91 Å². The molecule has 0 aromatic heterocycles. The van der Waals surface area contributed by atoms with E-state index in [4.69, 9.17) is 0 Å². The first-order chi connectivity index (χ1) is 13.6. The molecule has 0 saturated carbocycles. The van der Waals surface area contributed by atoms with Crippen LogP contribution in [-0.2, 0) is 16.6 Å². The third kappa shape index (κ3) is 5.63. The number of rotatable bonds is 6. The van der Waals surface area contributed by atoms with Crippen LogP contribution in [-0.4, -0.2) is 39.4 Å². The molecule has 1 N–H and O–H groups in total. The Bertz CT molecular complexity index is 976. The maximum absolute atomic E-state index is 12.4. The van der Waals surface area contributed by atoms with E-state index in [1.807, 2.05) is 0 Å². The van der Waals surface area contributed by atoms with Gasteiger partial charge in [0.05, 0.1) is 11.4 Å². The first-order valence-corrected chi connectivity index (χ1v) is 10.4. The van der Waals surface area contributed by atoms with Gasteiger partial charge >= 0.3 is 6.18 Å². The molecule has 156 valence electrons. The molecule has 3 rings (SSSR count). The minimum atomic E-state index is -4.41. The highest BCUT2D eigenvalue weighted by Crippen LogP contribution is 2.25. The van der Waals surface area contributed by atoms with Gasteiger partial charge in [-0.05, 0) is 42.3 Å². The molecule has 1 fully saturated rings. The highest BCUT2D eigenvalue weighted by molar-refractivity contribution is 7.93. The average Bonchev–Trinajstić information content (AvgIpc) is 3.04. The summed E-state index contributed by atoms with van der Waals surface area (Å²) in [6.07, 6.45) is -3.86. The smallest absolute Gasteiger partial charge is 0.422 e. The molecule has 0 aliphatic carbocycles. The molecule has 0 unspecified atom stereocenters. The lowest BCUT2D eigenvalue weighted by atomic mass is 10.1. The Morgan fingerprint density at radius 2 is 1.86 bits per heavy atom. The number of halogens is 3. The van der Waals surface area contributed by atoms with E-state index in [0.717, 1.165) is 0 Å². The van der Waals surface area contributed by atoms with Crippen LogP contribution in [0.1, 0.15) is 22.3 Å². The Kier molecular flexibility index (Phi) is 6.02. The Hall–Kier alpha value is -2.75. The van der Waals surface area contributed by atoms with E-state index in [2.05, 4.69) is 10.1 Å². The fraction of sp³-hybridized carbons (Fsp3) is 0.316. The highest BCUT2D eigenvalue weighted by Gasteiger charge is 2.29. The van der Waals surface area contributed by atoms with Crippen molar-refractivity contribution in [2.45, 2.75) is 19.1 Å². The number of benzene rings is 2. The predicted octanol–water partition coefficient (Wildman–Crippen LogP) is 3.10. The third-order valence-electron chi connectivity index (χ3n) is 4.27. The molecule has 0 atom stereocenters. The molecule has 2 aromatic rings. The number of hydrogen-bond acceptors (Lipinski definition) is 4. The van der Waals surface area contributed by atoms with Crippen LogP contribution in [0.3, 0.4) is 0 Å². The molecule has 0 radical (unpaired) electrons. The predicted molar refractivity (Wildman–Crippen MR) is 101 cm³/mol. The Labute approximate surface area is 166 Å². The number of amides is 1. The van der Waals surface area contributed by atoms with Gasteiger partial charge in [-0.1, -0.05) is 18.2 Å². The summed E-state index contributed by atoms with van der Waals surface area (Å²) in [7, 11) is -3.34. The minimum absolute atomic E-state index is 0.0805.